The minimum atomic E-state index is -3.81. The topological polar surface area (TPSA) is 133 Å². The third-order valence-corrected chi connectivity index (χ3v) is 6.30. The van der Waals surface area contributed by atoms with E-state index in [1.807, 2.05) is 11.6 Å². The fourth-order valence-corrected chi connectivity index (χ4v) is 4.22. The molecular formula is C12H22INO8S2. The smallest absolute Gasteiger partial charge is 0.347 e. The summed E-state index contributed by atoms with van der Waals surface area (Å²) in [6.07, 6.45) is 0.559. The molecule has 0 aliphatic heterocycles. The van der Waals surface area contributed by atoms with Crippen molar-refractivity contribution < 1.29 is 35.9 Å². The van der Waals surface area contributed by atoms with E-state index in [-0.39, 0.29) is 18.6 Å². The molecule has 0 saturated carbocycles. The number of ether oxygens (including phenoxy) is 2. The van der Waals surface area contributed by atoms with Gasteiger partial charge in [0.25, 0.3) is 0 Å². The van der Waals surface area contributed by atoms with Gasteiger partial charge in [-0.1, -0.05) is 13.3 Å². The summed E-state index contributed by atoms with van der Waals surface area (Å²) in [6, 6.07) is 0. The Morgan fingerprint density at radius 1 is 1.12 bits per heavy atom. The standard InChI is InChI=1S/C12H22INO8S2/c1-3-4-6-10(12(16)21-2)22-11(15)9-14-24(19,20)8-5-7-23(13,17)18/h10,14H,3-9H2,1-2H3. The summed E-state index contributed by atoms with van der Waals surface area (Å²) in [5, 5.41) is 0. The summed E-state index contributed by atoms with van der Waals surface area (Å²) in [5.74, 6) is -2.32. The van der Waals surface area contributed by atoms with Gasteiger partial charge >= 0.3 is 11.9 Å². The predicted octanol–water partition coefficient (Wildman–Crippen LogP) is 0.336. The molecule has 24 heavy (non-hydrogen) atoms. The Morgan fingerprint density at radius 2 is 1.75 bits per heavy atom. The Balaban J connectivity index is 4.41. The van der Waals surface area contributed by atoms with Gasteiger partial charge in [-0.2, -0.15) is 0 Å². The summed E-state index contributed by atoms with van der Waals surface area (Å²) in [7, 11) is -5.93. The van der Waals surface area contributed by atoms with E-state index in [9.17, 15) is 26.4 Å². The molecule has 0 spiro atoms. The van der Waals surface area contributed by atoms with Gasteiger partial charge < -0.3 is 9.47 Å². The zero-order chi connectivity index (χ0) is 18.8. The first-order chi connectivity index (χ1) is 11.0. The number of carbonyl (C=O) groups excluding carboxylic acids is 2. The molecule has 0 fully saturated rings. The van der Waals surface area contributed by atoms with Crippen LogP contribution in [0.25, 0.3) is 0 Å². The third-order valence-electron chi connectivity index (χ3n) is 2.80. The minimum Gasteiger partial charge on any atom is -0.466 e. The van der Waals surface area contributed by atoms with Crippen LogP contribution in [0.4, 0.5) is 0 Å². The quantitative estimate of drug-likeness (QED) is 0.231. The number of unbranched alkanes of at least 4 members (excludes halogenated alkanes) is 1. The molecule has 0 bridgehead atoms. The molecule has 0 aliphatic carbocycles. The Kier molecular flexibility index (Phi) is 11.0. The van der Waals surface area contributed by atoms with Crippen molar-refractivity contribution >= 4 is 50.2 Å². The van der Waals surface area contributed by atoms with Crippen LogP contribution in [0.5, 0.6) is 0 Å². The molecule has 1 unspecified atom stereocenters. The van der Waals surface area contributed by atoms with Crippen LogP contribution in [0, 0.1) is 0 Å². The maximum Gasteiger partial charge on any atom is 0.347 e. The molecule has 0 aromatic heterocycles. The number of methoxy groups -OCH3 is 1. The van der Waals surface area contributed by atoms with Crippen molar-refractivity contribution in [3.05, 3.63) is 0 Å². The molecule has 9 nitrogen and oxygen atoms in total. The van der Waals surface area contributed by atoms with Crippen LogP contribution in [-0.2, 0) is 36.1 Å². The van der Waals surface area contributed by atoms with Crippen molar-refractivity contribution in [3.63, 3.8) is 0 Å². The first-order valence-corrected chi connectivity index (χ1v) is 13.0. The van der Waals surface area contributed by atoms with Crippen molar-refractivity contribution in [3.8, 4) is 0 Å². The molecule has 1 N–H and O–H groups in total. The average Bonchev–Trinajstić information content (AvgIpc) is 2.47. The second-order valence-electron chi connectivity index (χ2n) is 4.88. The number of hydrogen-bond acceptors (Lipinski definition) is 8. The van der Waals surface area contributed by atoms with E-state index < -0.39 is 47.4 Å². The van der Waals surface area contributed by atoms with Gasteiger partial charge in [-0.3, -0.25) is 4.79 Å². The van der Waals surface area contributed by atoms with E-state index in [0.29, 0.717) is 6.42 Å². The van der Waals surface area contributed by atoms with Crippen molar-refractivity contribution in [2.24, 2.45) is 0 Å². The summed E-state index contributed by atoms with van der Waals surface area (Å²) in [6.45, 7) is 1.26. The molecule has 0 aromatic rings. The van der Waals surface area contributed by atoms with Gasteiger partial charge in [0.05, 0.1) is 39.8 Å². The fourth-order valence-electron chi connectivity index (χ4n) is 1.61. The van der Waals surface area contributed by atoms with E-state index >= 15 is 0 Å². The largest absolute Gasteiger partial charge is 0.466 e. The average molecular weight is 499 g/mol. The lowest BCUT2D eigenvalue weighted by atomic mass is 10.1. The second kappa shape index (κ2) is 11.2. The molecule has 0 aromatic carbocycles. The van der Waals surface area contributed by atoms with Gasteiger partial charge in [0.2, 0.25) is 17.0 Å². The van der Waals surface area contributed by atoms with Gasteiger partial charge in [-0.15, -0.1) is 0 Å². The lowest BCUT2D eigenvalue weighted by molar-refractivity contribution is -0.165. The van der Waals surface area contributed by atoms with Crippen LogP contribution in [0.3, 0.4) is 0 Å². The molecule has 12 heteroatoms. The zero-order valence-electron chi connectivity index (χ0n) is 13.5. The van der Waals surface area contributed by atoms with E-state index in [1.165, 1.54) is 28.3 Å². The summed E-state index contributed by atoms with van der Waals surface area (Å²) < 4.78 is 56.7. The number of nitrogens with one attached hydrogen (secondary N) is 1. The highest BCUT2D eigenvalue weighted by molar-refractivity contribution is 14.2. The first-order valence-electron chi connectivity index (χ1n) is 7.17. The van der Waals surface area contributed by atoms with Gasteiger partial charge in [-0.25, -0.2) is 26.4 Å². The molecular weight excluding hydrogens is 477 g/mol. The fraction of sp³-hybridized carbons (Fsp3) is 0.833. The molecule has 0 rings (SSSR count). The first kappa shape index (κ1) is 23.5. The van der Waals surface area contributed by atoms with Crippen LogP contribution in [0.15, 0.2) is 0 Å². The van der Waals surface area contributed by atoms with E-state index in [4.69, 9.17) is 4.74 Å². The van der Waals surface area contributed by atoms with Crippen molar-refractivity contribution in [2.45, 2.75) is 38.7 Å². The molecule has 0 amide bonds. The Labute approximate surface area is 154 Å². The number of carbonyl (C=O) groups is 2. The lowest BCUT2D eigenvalue weighted by Crippen LogP contribution is -2.36. The summed E-state index contributed by atoms with van der Waals surface area (Å²) in [4.78, 5) is 23.2. The summed E-state index contributed by atoms with van der Waals surface area (Å²) >= 11 is 1.23. The molecule has 1 atom stereocenters. The number of sulfonamides is 1. The third kappa shape index (κ3) is 12.0. The monoisotopic (exact) mass is 499 g/mol. The van der Waals surface area contributed by atoms with Crippen LogP contribution in [0.2, 0.25) is 0 Å². The van der Waals surface area contributed by atoms with Crippen molar-refractivity contribution in [2.75, 3.05) is 25.2 Å². The summed E-state index contributed by atoms with van der Waals surface area (Å²) in [5.41, 5.74) is 0. The number of halogens is 1. The van der Waals surface area contributed by atoms with Gasteiger partial charge in [0, 0.05) is 0 Å². The Hall–Kier alpha value is -0.470. The molecule has 0 radical (unpaired) electrons. The maximum atomic E-state index is 11.7. The highest BCUT2D eigenvalue weighted by atomic mass is 127. The molecule has 0 saturated heterocycles. The zero-order valence-corrected chi connectivity index (χ0v) is 17.3. The highest BCUT2D eigenvalue weighted by Gasteiger charge is 2.24. The normalized spacial score (nSPS) is 13.3. The van der Waals surface area contributed by atoms with Crippen LogP contribution in [-0.4, -0.2) is 60.0 Å². The lowest BCUT2D eigenvalue weighted by Gasteiger charge is -2.15. The predicted molar refractivity (Wildman–Crippen MR) is 95.6 cm³/mol. The maximum absolute atomic E-state index is 11.7. The number of rotatable bonds is 12. The van der Waals surface area contributed by atoms with E-state index in [1.54, 1.807) is 0 Å². The Morgan fingerprint density at radius 3 is 2.25 bits per heavy atom. The number of esters is 2. The Bertz CT molecular complexity index is 617. The van der Waals surface area contributed by atoms with E-state index in [2.05, 4.69) is 4.74 Å². The molecule has 0 heterocycles. The van der Waals surface area contributed by atoms with Crippen LogP contribution >= 0.6 is 21.2 Å². The number of hydrogen-bond donors (Lipinski definition) is 1. The van der Waals surface area contributed by atoms with Gasteiger partial charge in [0.1, 0.15) is 6.54 Å². The van der Waals surface area contributed by atoms with Gasteiger partial charge in [0.15, 0.2) is 6.10 Å². The van der Waals surface area contributed by atoms with E-state index in [0.717, 1.165) is 6.42 Å². The van der Waals surface area contributed by atoms with Crippen molar-refractivity contribution in [1.82, 2.24) is 4.72 Å². The molecule has 0 aliphatic rings. The van der Waals surface area contributed by atoms with Crippen LogP contribution in [0.1, 0.15) is 32.6 Å². The minimum absolute atomic E-state index is 0.0864. The van der Waals surface area contributed by atoms with Crippen LogP contribution < -0.4 is 4.72 Å². The highest BCUT2D eigenvalue weighted by Crippen LogP contribution is 2.07. The van der Waals surface area contributed by atoms with Gasteiger partial charge in [-0.05, 0) is 19.3 Å². The molecule has 142 valence electrons. The SMILES string of the molecule is CCCCC(OC(=O)CNS(=O)(=O)CCCS(=O)(=O)I)C(=O)OC. The van der Waals surface area contributed by atoms with Crippen molar-refractivity contribution in [1.29, 1.82) is 0 Å². The second-order valence-corrected chi connectivity index (χ2v) is 12.3.